The second kappa shape index (κ2) is 6.98. The van der Waals surface area contributed by atoms with E-state index in [0.717, 1.165) is 21.5 Å². The molecule has 3 aromatic rings. The van der Waals surface area contributed by atoms with Gasteiger partial charge in [0.15, 0.2) is 0 Å². The van der Waals surface area contributed by atoms with E-state index in [9.17, 15) is 0 Å². The molecule has 0 bridgehead atoms. The van der Waals surface area contributed by atoms with Crippen molar-refractivity contribution in [1.82, 2.24) is 10.2 Å². The molecule has 0 N–H and O–H groups in total. The molecule has 0 saturated heterocycles. The standard InChI is InChI=1S/C16H13BrN2O2S/c1-20-14-7-5-11(6-8-14)10-22-16-19-18-15(21-16)12-3-2-4-13(17)9-12/h2-9H,10H2,1H3. The Morgan fingerprint density at radius 2 is 1.95 bits per heavy atom. The Balaban J connectivity index is 1.66. The summed E-state index contributed by atoms with van der Waals surface area (Å²) in [4.78, 5) is 0. The molecule has 3 rings (SSSR count). The van der Waals surface area contributed by atoms with E-state index >= 15 is 0 Å². The molecule has 0 radical (unpaired) electrons. The van der Waals surface area contributed by atoms with Crippen LogP contribution in [0.5, 0.6) is 5.75 Å². The van der Waals surface area contributed by atoms with Gasteiger partial charge in [-0.2, -0.15) is 0 Å². The third kappa shape index (κ3) is 3.69. The first-order chi connectivity index (χ1) is 10.7. The van der Waals surface area contributed by atoms with Crippen LogP contribution >= 0.6 is 27.7 Å². The number of rotatable bonds is 5. The fraction of sp³-hybridized carbons (Fsp3) is 0.125. The number of hydrogen-bond acceptors (Lipinski definition) is 5. The molecule has 0 aliphatic heterocycles. The van der Waals surface area contributed by atoms with Crippen molar-refractivity contribution >= 4 is 27.7 Å². The Hall–Kier alpha value is -1.79. The zero-order chi connectivity index (χ0) is 15.4. The van der Waals surface area contributed by atoms with Gasteiger partial charge in [-0.15, -0.1) is 10.2 Å². The van der Waals surface area contributed by atoms with Crippen LogP contribution in [0.2, 0.25) is 0 Å². The quantitative estimate of drug-likeness (QED) is 0.598. The number of thioether (sulfide) groups is 1. The largest absolute Gasteiger partial charge is 0.497 e. The van der Waals surface area contributed by atoms with Gasteiger partial charge in [-0.1, -0.05) is 45.9 Å². The van der Waals surface area contributed by atoms with Gasteiger partial charge in [-0.3, -0.25) is 0 Å². The Bertz CT molecular complexity index is 759. The summed E-state index contributed by atoms with van der Waals surface area (Å²) in [5.74, 6) is 2.14. The fourth-order valence-corrected chi connectivity index (χ4v) is 2.99. The molecular weight excluding hydrogens is 364 g/mol. The highest BCUT2D eigenvalue weighted by Crippen LogP contribution is 2.27. The second-order valence-electron chi connectivity index (χ2n) is 4.52. The monoisotopic (exact) mass is 376 g/mol. The van der Waals surface area contributed by atoms with E-state index in [1.807, 2.05) is 48.5 Å². The maximum atomic E-state index is 5.69. The second-order valence-corrected chi connectivity index (χ2v) is 6.36. The van der Waals surface area contributed by atoms with Crippen LogP contribution in [0.3, 0.4) is 0 Å². The molecular formula is C16H13BrN2O2S. The molecule has 112 valence electrons. The Labute approximate surface area is 141 Å². The van der Waals surface area contributed by atoms with Gasteiger partial charge >= 0.3 is 0 Å². The van der Waals surface area contributed by atoms with Gasteiger partial charge in [0.05, 0.1) is 7.11 Å². The number of halogens is 1. The molecule has 0 atom stereocenters. The number of methoxy groups -OCH3 is 1. The van der Waals surface area contributed by atoms with Crippen LogP contribution in [0.1, 0.15) is 5.56 Å². The summed E-state index contributed by atoms with van der Waals surface area (Å²) in [5, 5.41) is 8.73. The molecule has 2 aromatic carbocycles. The maximum absolute atomic E-state index is 5.69. The molecule has 0 aliphatic rings. The molecule has 0 aliphatic carbocycles. The summed E-state index contributed by atoms with van der Waals surface area (Å²) in [6.45, 7) is 0. The van der Waals surface area contributed by atoms with Crippen molar-refractivity contribution < 1.29 is 9.15 Å². The Kier molecular flexibility index (Phi) is 4.80. The van der Waals surface area contributed by atoms with Crippen LogP contribution in [0.4, 0.5) is 0 Å². The number of nitrogens with zero attached hydrogens (tertiary/aromatic N) is 2. The molecule has 0 unspecified atom stereocenters. The van der Waals surface area contributed by atoms with E-state index in [-0.39, 0.29) is 0 Å². The van der Waals surface area contributed by atoms with E-state index in [1.54, 1.807) is 7.11 Å². The zero-order valence-corrected chi connectivity index (χ0v) is 14.2. The molecule has 1 aromatic heterocycles. The lowest BCUT2D eigenvalue weighted by Gasteiger charge is -2.01. The van der Waals surface area contributed by atoms with Crippen molar-refractivity contribution in [3.63, 3.8) is 0 Å². The van der Waals surface area contributed by atoms with Crippen molar-refractivity contribution in [3.05, 3.63) is 58.6 Å². The average Bonchev–Trinajstić information content (AvgIpc) is 3.02. The van der Waals surface area contributed by atoms with Gasteiger partial charge in [0, 0.05) is 15.8 Å². The summed E-state index contributed by atoms with van der Waals surface area (Å²) < 4.78 is 11.8. The number of aromatic nitrogens is 2. The molecule has 0 spiro atoms. The minimum absolute atomic E-state index is 0.526. The summed E-state index contributed by atoms with van der Waals surface area (Å²) in [7, 11) is 1.66. The summed E-state index contributed by atoms with van der Waals surface area (Å²) in [6.07, 6.45) is 0. The van der Waals surface area contributed by atoms with Crippen molar-refractivity contribution in [1.29, 1.82) is 0 Å². The van der Waals surface area contributed by atoms with Crippen LogP contribution in [-0.2, 0) is 5.75 Å². The summed E-state index contributed by atoms with van der Waals surface area (Å²) in [5.41, 5.74) is 2.08. The van der Waals surface area contributed by atoms with Crippen LogP contribution in [0.15, 0.2) is 62.6 Å². The Morgan fingerprint density at radius 1 is 1.14 bits per heavy atom. The van der Waals surface area contributed by atoms with Crippen LogP contribution in [0, 0.1) is 0 Å². The normalized spacial score (nSPS) is 10.6. The van der Waals surface area contributed by atoms with Gasteiger partial charge in [0.1, 0.15) is 5.75 Å². The van der Waals surface area contributed by atoms with Crippen molar-refractivity contribution in [2.24, 2.45) is 0 Å². The van der Waals surface area contributed by atoms with E-state index in [2.05, 4.69) is 26.1 Å². The van der Waals surface area contributed by atoms with Crippen molar-refractivity contribution in [3.8, 4) is 17.2 Å². The lowest BCUT2D eigenvalue weighted by molar-refractivity contribution is 0.414. The number of benzene rings is 2. The van der Waals surface area contributed by atoms with Gasteiger partial charge in [0.25, 0.3) is 5.22 Å². The third-order valence-corrected chi connectivity index (χ3v) is 4.38. The van der Waals surface area contributed by atoms with Crippen LogP contribution < -0.4 is 4.74 Å². The predicted octanol–water partition coefficient (Wildman–Crippen LogP) is 4.80. The molecule has 0 saturated carbocycles. The van der Waals surface area contributed by atoms with E-state index in [0.29, 0.717) is 11.1 Å². The third-order valence-electron chi connectivity index (χ3n) is 3.00. The molecule has 6 heteroatoms. The molecule has 22 heavy (non-hydrogen) atoms. The number of hydrogen-bond donors (Lipinski definition) is 0. The highest BCUT2D eigenvalue weighted by molar-refractivity contribution is 9.10. The molecule has 0 amide bonds. The fourth-order valence-electron chi connectivity index (χ4n) is 1.87. The minimum atomic E-state index is 0.526. The summed E-state index contributed by atoms with van der Waals surface area (Å²) in [6, 6.07) is 15.7. The van der Waals surface area contributed by atoms with Crippen molar-refractivity contribution in [2.75, 3.05) is 7.11 Å². The van der Waals surface area contributed by atoms with Crippen molar-refractivity contribution in [2.45, 2.75) is 11.0 Å². The minimum Gasteiger partial charge on any atom is -0.497 e. The van der Waals surface area contributed by atoms with E-state index in [4.69, 9.17) is 9.15 Å². The zero-order valence-electron chi connectivity index (χ0n) is 11.8. The van der Waals surface area contributed by atoms with Crippen LogP contribution in [-0.4, -0.2) is 17.3 Å². The first-order valence-corrected chi connectivity index (χ1v) is 8.37. The van der Waals surface area contributed by atoms with E-state index in [1.165, 1.54) is 17.3 Å². The first kappa shape index (κ1) is 15.1. The molecule has 0 fully saturated rings. The molecule has 4 nitrogen and oxygen atoms in total. The lowest BCUT2D eigenvalue weighted by Crippen LogP contribution is -1.84. The predicted molar refractivity (Wildman–Crippen MR) is 90.0 cm³/mol. The topological polar surface area (TPSA) is 48.2 Å². The van der Waals surface area contributed by atoms with Gasteiger partial charge in [-0.05, 0) is 35.9 Å². The van der Waals surface area contributed by atoms with Crippen LogP contribution in [0.25, 0.3) is 11.5 Å². The highest BCUT2D eigenvalue weighted by atomic mass is 79.9. The first-order valence-electron chi connectivity index (χ1n) is 6.60. The van der Waals surface area contributed by atoms with Gasteiger partial charge in [0.2, 0.25) is 5.89 Å². The smallest absolute Gasteiger partial charge is 0.277 e. The Morgan fingerprint density at radius 3 is 2.68 bits per heavy atom. The maximum Gasteiger partial charge on any atom is 0.277 e. The lowest BCUT2D eigenvalue weighted by atomic mass is 10.2. The summed E-state index contributed by atoms with van der Waals surface area (Å²) >= 11 is 4.95. The van der Waals surface area contributed by atoms with Gasteiger partial charge < -0.3 is 9.15 Å². The SMILES string of the molecule is COc1ccc(CSc2nnc(-c3cccc(Br)c3)o2)cc1. The van der Waals surface area contributed by atoms with E-state index < -0.39 is 0 Å². The van der Waals surface area contributed by atoms with Gasteiger partial charge in [-0.25, -0.2) is 0 Å². The highest BCUT2D eigenvalue weighted by Gasteiger charge is 2.09. The molecule has 1 heterocycles. The average molecular weight is 377 g/mol. The number of ether oxygens (including phenoxy) is 1.